The zero-order valence-corrected chi connectivity index (χ0v) is 6.89. The van der Waals surface area contributed by atoms with Gasteiger partial charge in [0.1, 0.15) is 0 Å². The van der Waals surface area contributed by atoms with Crippen LogP contribution in [0.4, 0.5) is 0 Å². The fourth-order valence-electron chi connectivity index (χ4n) is 1.54. The Hall–Kier alpha value is -1.04. The molecule has 0 N–H and O–H groups in total. The van der Waals surface area contributed by atoms with Crippen molar-refractivity contribution in [2.24, 2.45) is 0 Å². The molecule has 0 heterocycles. The Morgan fingerprint density at radius 2 is 1.55 bits per heavy atom. The van der Waals surface area contributed by atoms with E-state index >= 15 is 0 Å². The third-order valence-electron chi connectivity index (χ3n) is 2.25. The van der Waals surface area contributed by atoms with Crippen LogP contribution in [0.1, 0.15) is 22.3 Å². The van der Waals surface area contributed by atoms with E-state index in [1.165, 1.54) is 22.3 Å². The van der Waals surface area contributed by atoms with Gasteiger partial charge in [-0.15, -0.1) is 0 Å². The molecule has 0 saturated carbocycles. The highest BCUT2D eigenvalue weighted by Crippen LogP contribution is 2.26. The molecule has 0 amide bonds. The average molecular weight is 143 g/mol. The summed E-state index contributed by atoms with van der Waals surface area (Å²) in [5, 5.41) is 0. The van der Waals surface area contributed by atoms with Crippen LogP contribution < -0.4 is 0 Å². The molecular formula is C11H11. The molecule has 2 rings (SSSR count). The molecule has 1 aromatic carbocycles. The minimum atomic E-state index is 1.37. The molecule has 1 radical (unpaired) electrons. The first-order valence-corrected chi connectivity index (χ1v) is 3.90. The number of rotatable bonds is 0. The van der Waals surface area contributed by atoms with E-state index in [2.05, 4.69) is 44.6 Å². The van der Waals surface area contributed by atoms with Crippen molar-refractivity contribution in [2.75, 3.05) is 0 Å². The normalized spacial score (nSPS) is 13.6. The summed E-state index contributed by atoms with van der Waals surface area (Å²) in [6.45, 7) is 4.31. The van der Waals surface area contributed by atoms with Gasteiger partial charge in [0.05, 0.1) is 0 Å². The van der Waals surface area contributed by atoms with Crippen LogP contribution in [0, 0.1) is 20.3 Å². The van der Waals surface area contributed by atoms with Crippen LogP contribution in [-0.4, -0.2) is 0 Å². The minimum Gasteiger partial charge on any atom is -0.0754 e. The molecule has 55 valence electrons. The molecule has 11 heavy (non-hydrogen) atoms. The molecular weight excluding hydrogens is 132 g/mol. The standard InChI is InChI=1S/C11H11/c1-8-6-7-9(2)11-5-3-4-10(8)11/h3-7H,1-2H3. The summed E-state index contributed by atoms with van der Waals surface area (Å²) in [7, 11) is 0. The largest absolute Gasteiger partial charge is 0.0754 e. The SMILES string of the molecule is Cc1ccc(C)c2c1[CH]C=C2. The Kier molecular flexibility index (Phi) is 1.35. The molecule has 0 heteroatoms. The van der Waals surface area contributed by atoms with Gasteiger partial charge in [-0.05, 0) is 36.1 Å². The van der Waals surface area contributed by atoms with Crippen molar-refractivity contribution in [3.8, 4) is 0 Å². The summed E-state index contributed by atoms with van der Waals surface area (Å²) in [6, 6.07) is 4.36. The van der Waals surface area contributed by atoms with Gasteiger partial charge in [-0.25, -0.2) is 0 Å². The first-order chi connectivity index (χ1) is 5.29. The molecule has 0 aliphatic heterocycles. The molecule has 1 aromatic rings. The monoisotopic (exact) mass is 143 g/mol. The number of allylic oxidation sites excluding steroid dienone is 1. The van der Waals surface area contributed by atoms with Crippen LogP contribution in [0.3, 0.4) is 0 Å². The van der Waals surface area contributed by atoms with Gasteiger partial charge in [-0.2, -0.15) is 0 Å². The third kappa shape index (κ3) is 0.900. The van der Waals surface area contributed by atoms with Gasteiger partial charge < -0.3 is 0 Å². The number of aryl methyl sites for hydroxylation is 2. The van der Waals surface area contributed by atoms with Gasteiger partial charge in [0, 0.05) is 6.42 Å². The van der Waals surface area contributed by atoms with E-state index < -0.39 is 0 Å². The average Bonchev–Trinajstić information content (AvgIpc) is 2.45. The fourth-order valence-corrected chi connectivity index (χ4v) is 1.54. The van der Waals surface area contributed by atoms with Crippen molar-refractivity contribution in [3.05, 3.63) is 46.9 Å². The van der Waals surface area contributed by atoms with E-state index in [9.17, 15) is 0 Å². The van der Waals surface area contributed by atoms with E-state index in [1.54, 1.807) is 0 Å². The van der Waals surface area contributed by atoms with Gasteiger partial charge in [-0.3, -0.25) is 0 Å². The zero-order chi connectivity index (χ0) is 7.84. The van der Waals surface area contributed by atoms with Crippen LogP contribution in [-0.2, 0) is 0 Å². The van der Waals surface area contributed by atoms with Crippen molar-refractivity contribution in [2.45, 2.75) is 13.8 Å². The predicted octanol–water partition coefficient (Wildman–Crippen LogP) is 2.88. The minimum absolute atomic E-state index is 1.37. The summed E-state index contributed by atoms with van der Waals surface area (Å²) >= 11 is 0. The molecule has 0 aromatic heterocycles. The lowest BCUT2D eigenvalue weighted by atomic mass is 10.00. The number of benzene rings is 1. The smallest absolute Gasteiger partial charge is 0.0134 e. The van der Waals surface area contributed by atoms with Crippen LogP contribution in [0.5, 0.6) is 0 Å². The summed E-state index contributed by atoms with van der Waals surface area (Å²) in [5.41, 5.74) is 5.53. The Balaban J connectivity index is 2.71. The zero-order valence-electron chi connectivity index (χ0n) is 6.89. The molecule has 1 aliphatic rings. The van der Waals surface area contributed by atoms with Gasteiger partial charge in [0.15, 0.2) is 0 Å². The highest BCUT2D eigenvalue weighted by molar-refractivity contribution is 5.69. The van der Waals surface area contributed by atoms with Gasteiger partial charge in [0.25, 0.3) is 0 Å². The molecule has 0 atom stereocenters. The first kappa shape index (κ1) is 6.66. The van der Waals surface area contributed by atoms with Crippen molar-refractivity contribution in [1.29, 1.82) is 0 Å². The number of hydrogen-bond acceptors (Lipinski definition) is 0. The molecule has 0 unspecified atom stereocenters. The van der Waals surface area contributed by atoms with Crippen LogP contribution >= 0.6 is 0 Å². The predicted molar refractivity (Wildman–Crippen MR) is 48.4 cm³/mol. The maximum absolute atomic E-state index is 2.18. The fraction of sp³-hybridized carbons (Fsp3) is 0.182. The van der Waals surface area contributed by atoms with Crippen LogP contribution in [0.2, 0.25) is 0 Å². The summed E-state index contributed by atoms with van der Waals surface area (Å²) in [6.07, 6.45) is 6.47. The second kappa shape index (κ2) is 2.23. The maximum atomic E-state index is 2.18. The Morgan fingerprint density at radius 3 is 2.18 bits per heavy atom. The maximum Gasteiger partial charge on any atom is 0.0134 e. The Labute approximate surface area is 67.6 Å². The van der Waals surface area contributed by atoms with Crippen LogP contribution in [0.15, 0.2) is 18.2 Å². The van der Waals surface area contributed by atoms with Gasteiger partial charge in [0.2, 0.25) is 0 Å². The number of hydrogen-bond donors (Lipinski definition) is 0. The van der Waals surface area contributed by atoms with E-state index in [0.29, 0.717) is 0 Å². The van der Waals surface area contributed by atoms with E-state index in [0.717, 1.165) is 0 Å². The second-order valence-corrected chi connectivity index (χ2v) is 3.05. The lowest BCUT2D eigenvalue weighted by Gasteiger charge is -2.05. The van der Waals surface area contributed by atoms with Crippen molar-refractivity contribution < 1.29 is 0 Å². The topological polar surface area (TPSA) is 0 Å². The first-order valence-electron chi connectivity index (χ1n) is 3.90. The third-order valence-corrected chi connectivity index (χ3v) is 2.25. The van der Waals surface area contributed by atoms with Crippen LogP contribution in [0.25, 0.3) is 6.08 Å². The highest BCUT2D eigenvalue weighted by Gasteiger charge is 2.09. The van der Waals surface area contributed by atoms with Gasteiger partial charge in [-0.1, -0.05) is 24.3 Å². The molecule has 1 aliphatic carbocycles. The Bertz CT molecular complexity index is 319. The summed E-state index contributed by atoms with van der Waals surface area (Å²) in [4.78, 5) is 0. The summed E-state index contributed by atoms with van der Waals surface area (Å²) < 4.78 is 0. The lowest BCUT2D eigenvalue weighted by Crippen LogP contribution is -1.88. The molecule has 0 fully saturated rings. The summed E-state index contributed by atoms with van der Waals surface area (Å²) in [5.74, 6) is 0. The van der Waals surface area contributed by atoms with E-state index in [4.69, 9.17) is 0 Å². The van der Waals surface area contributed by atoms with E-state index in [1.807, 2.05) is 0 Å². The molecule has 0 nitrogen and oxygen atoms in total. The second-order valence-electron chi connectivity index (χ2n) is 3.05. The molecule has 0 bridgehead atoms. The van der Waals surface area contributed by atoms with Gasteiger partial charge >= 0.3 is 0 Å². The van der Waals surface area contributed by atoms with E-state index in [-0.39, 0.29) is 0 Å². The van der Waals surface area contributed by atoms with Crippen molar-refractivity contribution >= 4 is 6.08 Å². The Morgan fingerprint density at radius 1 is 0.909 bits per heavy atom. The van der Waals surface area contributed by atoms with Crippen molar-refractivity contribution in [1.82, 2.24) is 0 Å². The quantitative estimate of drug-likeness (QED) is 0.524. The van der Waals surface area contributed by atoms with Crippen molar-refractivity contribution in [3.63, 3.8) is 0 Å². The number of fused-ring (bicyclic) bond motifs is 1. The molecule has 0 saturated heterocycles. The lowest BCUT2D eigenvalue weighted by molar-refractivity contribution is 1.33. The highest BCUT2D eigenvalue weighted by atomic mass is 14.1. The molecule has 0 spiro atoms.